The summed E-state index contributed by atoms with van der Waals surface area (Å²) in [4.78, 5) is 24.4. The number of methoxy groups -OCH3 is 1. The van der Waals surface area contributed by atoms with Crippen LogP contribution in [-0.2, 0) is 19.1 Å². The summed E-state index contributed by atoms with van der Waals surface area (Å²) in [6, 6.07) is 17.1. The standard InChI is InChI=1S/C24H31NO5/c1-4-29-23(26)16-19(18-9-7-6-8-10-18)15-21(17-24(27)30-5-2)25-20-11-13-22(28-3)14-12-20/h6-14,19,21,25H,4-5,15-17H2,1-3H3. The Labute approximate surface area is 178 Å². The van der Waals surface area contributed by atoms with Gasteiger partial charge in [0.1, 0.15) is 5.75 Å². The first kappa shape index (κ1) is 23.3. The van der Waals surface area contributed by atoms with E-state index in [1.807, 2.05) is 54.6 Å². The van der Waals surface area contributed by atoms with Crippen LogP contribution in [0.1, 0.15) is 44.6 Å². The second-order valence-corrected chi connectivity index (χ2v) is 6.93. The van der Waals surface area contributed by atoms with Crippen LogP contribution in [0.5, 0.6) is 5.75 Å². The van der Waals surface area contributed by atoms with Crippen molar-refractivity contribution in [1.82, 2.24) is 0 Å². The Bertz CT molecular complexity index is 776. The normalized spacial score (nSPS) is 12.5. The molecule has 0 spiro atoms. The van der Waals surface area contributed by atoms with Crippen LogP contribution >= 0.6 is 0 Å². The maximum atomic E-state index is 12.2. The molecule has 0 amide bonds. The molecule has 0 aromatic heterocycles. The highest BCUT2D eigenvalue weighted by atomic mass is 16.5. The smallest absolute Gasteiger partial charge is 0.307 e. The van der Waals surface area contributed by atoms with E-state index in [1.165, 1.54) is 0 Å². The molecular weight excluding hydrogens is 382 g/mol. The number of hydrogen-bond acceptors (Lipinski definition) is 6. The van der Waals surface area contributed by atoms with Crippen LogP contribution in [0.2, 0.25) is 0 Å². The van der Waals surface area contributed by atoms with Crippen LogP contribution in [0.3, 0.4) is 0 Å². The molecule has 0 fully saturated rings. The Kier molecular flexibility index (Phi) is 9.71. The predicted octanol–water partition coefficient (Wildman–Crippen LogP) is 4.56. The van der Waals surface area contributed by atoms with E-state index in [1.54, 1.807) is 21.0 Å². The Hall–Kier alpha value is -3.02. The minimum Gasteiger partial charge on any atom is -0.497 e. The van der Waals surface area contributed by atoms with Crippen molar-refractivity contribution < 1.29 is 23.8 Å². The molecule has 0 saturated carbocycles. The highest BCUT2D eigenvalue weighted by molar-refractivity contribution is 5.72. The number of carbonyl (C=O) groups excluding carboxylic acids is 2. The molecule has 0 bridgehead atoms. The van der Waals surface area contributed by atoms with Gasteiger partial charge in [0.25, 0.3) is 0 Å². The monoisotopic (exact) mass is 413 g/mol. The summed E-state index contributed by atoms with van der Waals surface area (Å²) in [5.41, 5.74) is 1.91. The average molecular weight is 414 g/mol. The van der Waals surface area contributed by atoms with Gasteiger partial charge in [-0.2, -0.15) is 0 Å². The van der Waals surface area contributed by atoms with Crippen LogP contribution < -0.4 is 10.1 Å². The van der Waals surface area contributed by atoms with E-state index in [4.69, 9.17) is 14.2 Å². The molecule has 0 aliphatic rings. The fourth-order valence-electron chi connectivity index (χ4n) is 3.36. The first-order valence-corrected chi connectivity index (χ1v) is 10.3. The first-order valence-electron chi connectivity index (χ1n) is 10.3. The van der Waals surface area contributed by atoms with Crippen molar-refractivity contribution in [2.24, 2.45) is 0 Å². The van der Waals surface area contributed by atoms with Crippen LogP contribution in [0.4, 0.5) is 5.69 Å². The van der Waals surface area contributed by atoms with Gasteiger partial charge < -0.3 is 19.5 Å². The third kappa shape index (κ3) is 7.78. The lowest BCUT2D eigenvalue weighted by molar-refractivity contribution is -0.143. The number of benzene rings is 2. The zero-order chi connectivity index (χ0) is 21.8. The van der Waals surface area contributed by atoms with E-state index in [0.717, 1.165) is 17.0 Å². The molecule has 2 rings (SSSR count). The Morgan fingerprint density at radius 1 is 0.867 bits per heavy atom. The molecule has 0 heterocycles. The molecule has 0 aliphatic carbocycles. The van der Waals surface area contributed by atoms with E-state index in [-0.39, 0.29) is 36.7 Å². The Morgan fingerprint density at radius 3 is 2.03 bits per heavy atom. The van der Waals surface area contributed by atoms with Crippen LogP contribution in [0.25, 0.3) is 0 Å². The SMILES string of the molecule is CCOC(=O)CC(CC(CC(=O)OCC)c1ccccc1)Nc1ccc(OC)cc1. The molecule has 2 atom stereocenters. The third-order valence-electron chi connectivity index (χ3n) is 4.74. The lowest BCUT2D eigenvalue weighted by Gasteiger charge is -2.25. The van der Waals surface area contributed by atoms with Crippen molar-refractivity contribution in [3.8, 4) is 5.75 Å². The molecule has 1 N–H and O–H groups in total. The molecule has 30 heavy (non-hydrogen) atoms. The molecule has 0 saturated heterocycles. The Morgan fingerprint density at radius 2 is 1.47 bits per heavy atom. The van der Waals surface area contributed by atoms with Crippen molar-refractivity contribution in [3.05, 3.63) is 60.2 Å². The number of carbonyl (C=O) groups is 2. The largest absolute Gasteiger partial charge is 0.497 e. The number of nitrogens with one attached hydrogen (secondary N) is 1. The zero-order valence-electron chi connectivity index (χ0n) is 17.9. The van der Waals surface area contributed by atoms with Gasteiger partial charge in [-0.1, -0.05) is 30.3 Å². The molecule has 6 nitrogen and oxygen atoms in total. The van der Waals surface area contributed by atoms with Gasteiger partial charge in [0.05, 0.1) is 33.2 Å². The molecule has 6 heteroatoms. The summed E-state index contributed by atoms with van der Waals surface area (Å²) in [7, 11) is 1.62. The molecule has 0 aliphatic heterocycles. The molecule has 2 unspecified atom stereocenters. The summed E-state index contributed by atoms with van der Waals surface area (Å²) in [5, 5.41) is 3.42. The van der Waals surface area contributed by atoms with Gasteiger partial charge in [-0.05, 0) is 56.0 Å². The van der Waals surface area contributed by atoms with Crippen molar-refractivity contribution in [2.45, 2.75) is 45.1 Å². The molecule has 0 radical (unpaired) electrons. The lowest BCUT2D eigenvalue weighted by Crippen LogP contribution is -2.27. The van der Waals surface area contributed by atoms with E-state index >= 15 is 0 Å². The summed E-state index contributed by atoms with van der Waals surface area (Å²) < 4.78 is 15.5. The average Bonchev–Trinajstić information content (AvgIpc) is 2.74. The van der Waals surface area contributed by atoms with E-state index < -0.39 is 0 Å². The second-order valence-electron chi connectivity index (χ2n) is 6.93. The van der Waals surface area contributed by atoms with Gasteiger partial charge in [-0.3, -0.25) is 9.59 Å². The van der Waals surface area contributed by atoms with E-state index in [0.29, 0.717) is 19.6 Å². The minimum atomic E-state index is -0.272. The molecule has 2 aromatic rings. The maximum absolute atomic E-state index is 12.2. The summed E-state index contributed by atoms with van der Waals surface area (Å²) in [6.07, 6.45) is 1.03. The van der Waals surface area contributed by atoms with Crippen LogP contribution in [-0.4, -0.2) is 38.3 Å². The zero-order valence-corrected chi connectivity index (χ0v) is 17.9. The number of hydrogen-bond donors (Lipinski definition) is 1. The van der Waals surface area contributed by atoms with Gasteiger partial charge in [0.2, 0.25) is 0 Å². The van der Waals surface area contributed by atoms with Gasteiger partial charge in [-0.25, -0.2) is 0 Å². The number of esters is 2. The van der Waals surface area contributed by atoms with Crippen LogP contribution in [0, 0.1) is 0 Å². The van der Waals surface area contributed by atoms with Crippen molar-refractivity contribution in [1.29, 1.82) is 0 Å². The van der Waals surface area contributed by atoms with Gasteiger partial charge in [-0.15, -0.1) is 0 Å². The van der Waals surface area contributed by atoms with Gasteiger partial charge >= 0.3 is 11.9 Å². The number of anilines is 1. The molecule has 2 aromatic carbocycles. The lowest BCUT2D eigenvalue weighted by atomic mass is 9.88. The number of ether oxygens (including phenoxy) is 3. The number of rotatable bonds is 12. The minimum absolute atomic E-state index is 0.0876. The van der Waals surface area contributed by atoms with Crippen molar-refractivity contribution in [3.63, 3.8) is 0 Å². The highest BCUT2D eigenvalue weighted by Gasteiger charge is 2.24. The van der Waals surface area contributed by atoms with Gasteiger partial charge in [0.15, 0.2) is 0 Å². The first-order chi connectivity index (χ1) is 14.5. The summed E-state index contributed by atoms with van der Waals surface area (Å²) >= 11 is 0. The summed E-state index contributed by atoms with van der Waals surface area (Å²) in [6.45, 7) is 4.26. The molecule has 162 valence electrons. The highest BCUT2D eigenvalue weighted by Crippen LogP contribution is 2.28. The van der Waals surface area contributed by atoms with Crippen LogP contribution in [0.15, 0.2) is 54.6 Å². The van der Waals surface area contributed by atoms with Crippen molar-refractivity contribution in [2.75, 3.05) is 25.6 Å². The van der Waals surface area contributed by atoms with E-state index in [2.05, 4.69) is 5.32 Å². The van der Waals surface area contributed by atoms with E-state index in [9.17, 15) is 9.59 Å². The fourth-order valence-corrected chi connectivity index (χ4v) is 3.36. The molecular formula is C24H31NO5. The van der Waals surface area contributed by atoms with Gasteiger partial charge in [0, 0.05) is 11.7 Å². The second kappa shape index (κ2) is 12.5. The predicted molar refractivity (Wildman–Crippen MR) is 117 cm³/mol. The quantitative estimate of drug-likeness (QED) is 0.515. The summed E-state index contributed by atoms with van der Waals surface area (Å²) in [5.74, 6) is 0.152. The fraction of sp³-hybridized carbons (Fsp3) is 0.417. The third-order valence-corrected chi connectivity index (χ3v) is 4.74. The topological polar surface area (TPSA) is 73.9 Å². The van der Waals surface area contributed by atoms with Crippen molar-refractivity contribution >= 4 is 17.6 Å². The maximum Gasteiger partial charge on any atom is 0.307 e. The Balaban J connectivity index is 2.21.